The van der Waals surface area contributed by atoms with Gasteiger partial charge in [-0.2, -0.15) is 0 Å². The lowest BCUT2D eigenvalue weighted by molar-refractivity contribution is 0.102. The summed E-state index contributed by atoms with van der Waals surface area (Å²) < 4.78 is 13.2. The molecule has 0 saturated heterocycles. The van der Waals surface area contributed by atoms with E-state index in [-0.39, 0.29) is 11.1 Å². The first-order valence-electron chi connectivity index (χ1n) is 3.19. The van der Waals surface area contributed by atoms with E-state index in [4.69, 9.17) is 0 Å². The van der Waals surface area contributed by atoms with Crippen molar-refractivity contribution in [3.63, 3.8) is 0 Å². The average Bonchev–Trinajstić information content (AvgIpc) is 2.08. The summed E-state index contributed by atoms with van der Waals surface area (Å²) in [4.78, 5) is 11.0. The summed E-state index contributed by atoms with van der Waals surface area (Å²) in [6, 6.07) is 4.32. The zero-order valence-electron chi connectivity index (χ0n) is 5.98. The highest BCUT2D eigenvalue weighted by atomic mass is 79.9. The summed E-state index contributed by atoms with van der Waals surface area (Å²) >= 11 is 6.01. The van der Waals surface area contributed by atoms with Crippen LogP contribution in [0.3, 0.4) is 0 Å². The van der Waals surface area contributed by atoms with Crippen molar-refractivity contribution in [2.45, 2.75) is 0 Å². The molecule has 0 N–H and O–H groups in total. The van der Waals surface area contributed by atoms with E-state index in [0.29, 0.717) is 10.0 Å². The molecule has 0 radical (unpaired) electrons. The number of ketones is 1. The van der Waals surface area contributed by atoms with E-state index in [0.717, 1.165) is 0 Å². The molecule has 0 heterocycles. The van der Waals surface area contributed by atoms with Gasteiger partial charge in [-0.15, -0.1) is 0 Å². The predicted octanol–water partition coefficient (Wildman–Crippen LogP) is 3.17. The zero-order chi connectivity index (χ0) is 9.14. The van der Waals surface area contributed by atoms with Crippen molar-refractivity contribution in [2.24, 2.45) is 0 Å². The van der Waals surface area contributed by atoms with Gasteiger partial charge in [-0.3, -0.25) is 4.79 Å². The second-order valence-electron chi connectivity index (χ2n) is 2.19. The normalized spacial score (nSPS) is 9.92. The maximum Gasteiger partial charge on any atom is 0.173 e. The first-order valence-corrected chi connectivity index (χ1v) is 5.11. The highest BCUT2D eigenvalue weighted by Crippen LogP contribution is 2.16. The molecule has 0 saturated carbocycles. The van der Waals surface area contributed by atoms with Crippen LogP contribution in [-0.2, 0) is 0 Å². The fourth-order valence-electron chi connectivity index (χ4n) is 0.747. The van der Waals surface area contributed by atoms with Gasteiger partial charge in [-0.1, -0.05) is 22.0 Å². The third-order valence-corrected chi connectivity index (χ3v) is 2.52. The molecule has 0 aliphatic carbocycles. The Balaban J connectivity index is 3.05. The average molecular weight is 296 g/mol. The number of benzene rings is 1. The van der Waals surface area contributed by atoms with Gasteiger partial charge in [0.1, 0.15) is 5.82 Å². The SMILES string of the molecule is O=C(CBr)c1ccc(Br)c(F)c1. The summed E-state index contributed by atoms with van der Waals surface area (Å²) in [5, 5.41) is 0.216. The van der Waals surface area contributed by atoms with Crippen molar-refractivity contribution in [1.82, 2.24) is 0 Å². The third-order valence-electron chi connectivity index (χ3n) is 1.36. The maximum atomic E-state index is 12.9. The Labute approximate surface area is 86.2 Å². The topological polar surface area (TPSA) is 17.1 Å². The molecule has 0 atom stereocenters. The number of rotatable bonds is 2. The van der Waals surface area contributed by atoms with E-state index in [1.165, 1.54) is 12.1 Å². The summed E-state index contributed by atoms with van der Waals surface area (Å²) in [6.45, 7) is 0. The Morgan fingerprint density at radius 2 is 2.17 bits per heavy atom. The van der Waals surface area contributed by atoms with E-state index in [9.17, 15) is 9.18 Å². The van der Waals surface area contributed by atoms with Crippen molar-refractivity contribution in [3.8, 4) is 0 Å². The summed E-state index contributed by atoms with van der Waals surface area (Å²) in [5.74, 6) is -0.539. The highest BCUT2D eigenvalue weighted by Gasteiger charge is 2.06. The lowest BCUT2D eigenvalue weighted by Crippen LogP contribution is -2.00. The fourth-order valence-corrected chi connectivity index (χ4v) is 1.32. The van der Waals surface area contributed by atoms with Gasteiger partial charge in [0, 0.05) is 5.56 Å². The van der Waals surface area contributed by atoms with Crippen LogP contribution < -0.4 is 0 Å². The van der Waals surface area contributed by atoms with E-state index >= 15 is 0 Å². The van der Waals surface area contributed by atoms with Gasteiger partial charge in [0.05, 0.1) is 9.80 Å². The van der Waals surface area contributed by atoms with E-state index in [2.05, 4.69) is 31.9 Å². The summed E-state index contributed by atoms with van der Waals surface area (Å²) in [7, 11) is 0. The van der Waals surface area contributed by atoms with Crippen molar-refractivity contribution in [3.05, 3.63) is 34.1 Å². The van der Waals surface area contributed by atoms with Crippen LogP contribution in [0.4, 0.5) is 4.39 Å². The molecule has 0 amide bonds. The number of hydrogen-bond acceptors (Lipinski definition) is 1. The summed E-state index contributed by atoms with van der Waals surface area (Å²) in [6.07, 6.45) is 0. The van der Waals surface area contributed by atoms with Crippen LogP contribution in [0.1, 0.15) is 10.4 Å². The predicted molar refractivity (Wildman–Crippen MR) is 52.2 cm³/mol. The van der Waals surface area contributed by atoms with Gasteiger partial charge in [-0.05, 0) is 28.1 Å². The number of alkyl halides is 1. The van der Waals surface area contributed by atoms with Crippen LogP contribution in [0.2, 0.25) is 0 Å². The van der Waals surface area contributed by atoms with E-state index in [1.54, 1.807) is 6.07 Å². The van der Waals surface area contributed by atoms with Crippen molar-refractivity contribution < 1.29 is 9.18 Å². The Bertz CT molecular complexity index is 312. The number of carbonyl (C=O) groups excluding carboxylic acids is 1. The molecule has 0 bridgehead atoms. The molecule has 0 fully saturated rings. The van der Waals surface area contributed by atoms with Crippen LogP contribution in [-0.4, -0.2) is 11.1 Å². The third kappa shape index (κ3) is 2.14. The molecule has 1 aromatic rings. The van der Waals surface area contributed by atoms with Crippen LogP contribution in [0.5, 0.6) is 0 Å². The quantitative estimate of drug-likeness (QED) is 0.605. The molecule has 64 valence electrons. The molecule has 0 spiro atoms. The van der Waals surface area contributed by atoms with Crippen LogP contribution in [0.25, 0.3) is 0 Å². The lowest BCUT2D eigenvalue weighted by atomic mass is 10.1. The van der Waals surface area contributed by atoms with Gasteiger partial charge >= 0.3 is 0 Å². The largest absolute Gasteiger partial charge is 0.293 e. The van der Waals surface area contributed by atoms with Crippen LogP contribution in [0, 0.1) is 5.82 Å². The molecule has 0 unspecified atom stereocenters. The minimum atomic E-state index is -0.415. The molecule has 0 aliphatic rings. The van der Waals surface area contributed by atoms with Gasteiger partial charge in [-0.25, -0.2) is 4.39 Å². The lowest BCUT2D eigenvalue weighted by Gasteiger charge is -1.98. The first kappa shape index (κ1) is 9.86. The first-order chi connectivity index (χ1) is 5.65. The number of hydrogen-bond donors (Lipinski definition) is 0. The monoisotopic (exact) mass is 294 g/mol. The standard InChI is InChI=1S/C8H5Br2FO/c9-4-8(12)5-1-2-6(10)7(11)3-5/h1-3H,4H2. The van der Waals surface area contributed by atoms with Crippen LogP contribution in [0.15, 0.2) is 22.7 Å². The van der Waals surface area contributed by atoms with E-state index in [1.807, 2.05) is 0 Å². The molecule has 0 aromatic heterocycles. The van der Waals surface area contributed by atoms with E-state index < -0.39 is 5.82 Å². The zero-order valence-corrected chi connectivity index (χ0v) is 9.15. The molecule has 1 nitrogen and oxygen atoms in total. The Kier molecular flexibility index (Phi) is 3.40. The van der Waals surface area contributed by atoms with Crippen molar-refractivity contribution >= 4 is 37.6 Å². The van der Waals surface area contributed by atoms with Gasteiger partial charge in [0.2, 0.25) is 0 Å². The minimum Gasteiger partial charge on any atom is -0.293 e. The molecular weight excluding hydrogens is 291 g/mol. The van der Waals surface area contributed by atoms with Crippen LogP contribution >= 0.6 is 31.9 Å². The summed E-state index contributed by atoms with van der Waals surface area (Å²) in [5.41, 5.74) is 0.382. The molecule has 0 aliphatic heterocycles. The van der Waals surface area contributed by atoms with Crippen molar-refractivity contribution in [1.29, 1.82) is 0 Å². The minimum absolute atomic E-state index is 0.124. The Morgan fingerprint density at radius 3 is 2.67 bits per heavy atom. The molecule has 12 heavy (non-hydrogen) atoms. The van der Waals surface area contributed by atoms with Gasteiger partial charge in [0.15, 0.2) is 5.78 Å². The molecular formula is C8H5Br2FO. The van der Waals surface area contributed by atoms with Gasteiger partial charge < -0.3 is 0 Å². The number of carbonyl (C=O) groups is 1. The Morgan fingerprint density at radius 1 is 1.50 bits per heavy atom. The number of Topliss-reactive ketones (excluding diaryl/α,β-unsaturated/α-hetero) is 1. The second-order valence-corrected chi connectivity index (χ2v) is 3.60. The second kappa shape index (κ2) is 4.14. The highest BCUT2D eigenvalue weighted by molar-refractivity contribution is 9.10. The molecule has 4 heteroatoms. The smallest absolute Gasteiger partial charge is 0.173 e. The van der Waals surface area contributed by atoms with Gasteiger partial charge in [0.25, 0.3) is 0 Å². The molecule has 1 aromatic carbocycles. The fraction of sp³-hybridized carbons (Fsp3) is 0.125. The molecule has 1 rings (SSSR count). The van der Waals surface area contributed by atoms with Crippen molar-refractivity contribution in [2.75, 3.05) is 5.33 Å². The Hall–Kier alpha value is -0.220. The maximum absolute atomic E-state index is 12.9. The number of halogens is 3.